The van der Waals surface area contributed by atoms with E-state index < -0.39 is 11.9 Å². The van der Waals surface area contributed by atoms with Crippen molar-refractivity contribution in [3.8, 4) is 16.9 Å². The van der Waals surface area contributed by atoms with Gasteiger partial charge >= 0.3 is 11.9 Å². The van der Waals surface area contributed by atoms with Crippen molar-refractivity contribution in [2.24, 2.45) is 11.8 Å². The number of pyridine rings is 1. The predicted octanol–water partition coefficient (Wildman–Crippen LogP) is 3.65. The molecule has 1 aliphatic heterocycles. The third-order valence-electron chi connectivity index (χ3n) is 4.88. The molecule has 1 aliphatic rings. The maximum Gasteiger partial charge on any atom is 0.414 e. The smallest absolute Gasteiger partial charge is 0.414 e. The average molecular weight is 415 g/mol. The number of carboxylic acid groups (broad SMARTS) is 2. The van der Waals surface area contributed by atoms with E-state index in [9.17, 15) is 0 Å². The molecule has 2 heterocycles. The Bertz CT molecular complexity index is 773. The fourth-order valence-corrected chi connectivity index (χ4v) is 3.74. The van der Waals surface area contributed by atoms with Crippen molar-refractivity contribution in [2.45, 2.75) is 26.7 Å². The number of aliphatic carboxylic acids is 2. The molecule has 2 atom stereocenters. The molecular weight excluding hydrogens is 384 g/mol. The molecule has 30 heavy (non-hydrogen) atoms. The normalized spacial score (nSPS) is 18.7. The first-order chi connectivity index (χ1) is 14.3. The van der Waals surface area contributed by atoms with E-state index in [1.54, 1.807) is 0 Å². The minimum atomic E-state index is -1.82. The van der Waals surface area contributed by atoms with Gasteiger partial charge in [0.15, 0.2) is 0 Å². The van der Waals surface area contributed by atoms with Gasteiger partial charge in [0, 0.05) is 32.0 Å². The molecule has 0 aliphatic carbocycles. The van der Waals surface area contributed by atoms with Gasteiger partial charge in [-0.25, -0.2) is 9.59 Å². The number of piperidine rings is 1. The number of hydrogen-bond donors (Lipinski definition) is 2. The first-order valence-electron chi connectivity index (χ1n) is 10.2. The number of carbonyl (C=O) groups is 2. The Morgan fingerprint density at radius 1 is 0.967 bits per heavy atom. The van der Waals surface area contributed by atoms with Gasteiger partial charge in [-0.2, -0.15) is 0 Å². The van der Waals surface area contributed by atoms with Crippen LogP contribution in [0.25, 0.3) is 11.1 Å². The SMILES string of the molecule is C[C@@H]1C[C@@H](C)CN(CCCOc2ccc(-c3ccncc3)cc2)C1.O=C(O)C(=O)O. The summed E-state index contributed by atoms with van der Waals surface area (Å²) in [7, 11) is 0. The number of nitrogens with zero attached hydrogens (tertiary/aromatic N) is 2. The van der Waals surface area contributed by atoms with E-state index in [-0.39, 0.29) is 0 Å². The first kappa shape index (κ1) is 23.3. The van der Waals surface area contributed by atoms with Crippen molar-refractivity contribution in [3.05, 3.63) is 48.8 Å². The summed E-state index contributed by atoms with van der Waals surface area (Å²) in [6.45, 7) is 9.14. The fraction of sp³-hybridized carbons (Fsp3) is 0.435. The molecule has 7 heteroatoms. The van der Waals surface area contributed by atoms with Gasteiger partial charge in [-0.15, -0.1) is 0 Å². The number of ether oxygens (including phenoxy) is 1. The molecule has 1 saturated heterocycles. The molecule has 0 unspecified atom stereocenters. The molecule has 0 bridgehead atoms. The molecule has 2 N–H and O–H groups in total. The van der Waals surface area contributed by atoms with E-state index >= 15 is 0 Å². The van der Waals surface area contributed by atoms with Gasteiger partial charge in [-0.05, 0) is 60.1 Å². The van der Waals surface area contributed by atoms with Gasteiger partial charge < -0.3 is 19.8 Å². The van der Waals surface area contributed by atoms with Crippen LogP contribution >= 0.6 is 0 Å². The van der Waals surface area contributed by atoms with Crippen LogP contribution in [0.5, 0.6) is 5.75 Å². The Kier molecular flexibility index (Phi) is 9.28. The Hall–Kier alpha value is -2.93. The third kappa shape index (κ3) is 8.21. The number of benzene rings is 1. The number of carboxylic acids is 2. The molecule has 0 saturated carbocycles. The lowest BCUT2D eigenvalue weighted by molar-refractivity contribution is -0.159. The summed E-state index contributed by atoms with van der Waals surface area (Å²) in [5.41, 5.74) is 2.38. The molecule has 1 aromatic carbocycles. The minimum absolute atomic E-state index is 0.786. The van der Waals surface area contributed by atoms with Crippen LogP contribution in [0, 0.1) is 11.8 Å². The monoisotopic (exact) mass is 414 g/mol. The van der Waals surface area contributed by atoms with Crippen LogP contribution in [-0.2, 0) is 9.59 Å². The Morgan fingerprint density at radius 3 is 2.03 bits per heavy atom. The highest BCUT2D eigenvalue weighted by Gasteiger charge is 2.21. The van der Waals surface area contributed by atoms with Crippen LogP contribution in [0.15, 0.2) is 48.8 Å². The van der Waals surface area contributed by atoms with Gasteiger partial charge in [-0.1, -0.05) is 26.0 Å². The van der Waals surface area contributed by atoms with E-state index in [2.05, 4.69) is 48.0 Å². The topological polar surface area (TPSA) is 100.0 Å². The van der Waals surface area contributed by atoms with Crippen molar-refractivity contribution >= 4 is 11.9 Å². The van der Waals surface area contributed by atoms with Crippen molar-refractivity contribution in [1.29, 1.82) is 0 Å². The van der Waals surface area contributed by atoms with Gasteiger partial charge in [0.1, 0.15) is 5.75 Å². The summed E-state index contributed by atoms with van der Waals surface area (Å²) in [6, 6.07) is 12.4. The molecule has 1 fully saturated rings. The largest absolute Gasteiger partial charge is 0.494 e. The zero-order valence-corrected chi connectivity index (χ0v) is 17.5. The number of hydrogen-bond acceptors (Lipinski definition) is 5. The van der Waals surface area contributed by atoms with E-state index in [0.717, 1.165) is 37.2 Å². The predicted molar refractivity (Wildman–Crippen MR) is 114 cm³/mol. The Labute approximate surface area is 177 Å². The van der Waals surface area contributed by atoms with Crippen molar-refractivity contribution in [3.63, 3.8) is 0 Å². The summed E-state index contributed by atoms with van der Waals surface area (Å²) < 4.78 is 5.90. The standard InChI is InChI=1S/C21H28N2O.C2H2O4/c1-17-14-18(2)16-23(15-17)12-3-13-24-21-6-4-19(5-7-21)20-8-10-22-11-9-20;3-1(4)2(5)6/h4-11,17-18H,3,12-16H2,1-2H3;(H,3,4)(H,5,6)/t17-,18-;/m1./s1. The van der Waals surface area contributed by atoms with Gasteiger partial charge in [0.2, 0.25) is 0 Å². The lowest BCUT2D eigenvalue weighted by Crippen LogP contribution is -2.39. The lowest BCUT2D eigenvalue weighted by Gasteiger charge is -2.34. The molecule has 2 aromatic rings. The minimum Gasteiger partial charge on any atom is -0.494 e. The molecule has 0 radical (unpaired) electrons. The van der Waals surface area contributed by atoms with Crippen LogP contribution < -0.4 is 4.74 Å². The van der Waals surface area contributed by atoms with Gasteiger partial charge in [0.25, 0.3) is 0 Å². The fourth-order valence-electron chi connectivity index (χ4n) is 3.74. The van der Waals surface area contributed by atoms with Crippen LogP contribution in [0.4, 0.5) is 0 Å². The molecule has 162 valence electrons. The Balaban J connectivity index is 0.000000469. The maximum absolute atomic E-state index is 9.10. The zero-order valence-electron chi connectivity index (χ0n) is 17.5. The molecule has 1 aromatic heterocycles. The second-order valence-corrected chi connectivity index (χ2v) is 7.78. The van der Waals surface area contributed by atoms with Gasteiger partial charge in [0.05, 0.1) is 6.61 Å². The van der Waals surface area contributed by atoms with Crippen molar-refractivity contribution in [2.75, 3.05) is 26.2 Å². The summed E-state index contributed by atoms with van der Waals surface area (Å²) >= 11 is 0. The van der Waals surface area contributed by atoms with E-state index in [1.165, 1.54) is 30.6 Å². The number of likely N-dealkylation sites (tertiary alicyclic amines) is 1. The van der Waals surface area contributed by atoms with Gasteiger partial charge in [-0.3, -0.25) is 4.98 Å². The second kappa shape index (κ2) is 11.9. The first-order valence-corrected chi connectivity index (χ1v) is 10.2. The lowest BCUT2D eigenvalue weighted by atomic mass is 9.92. The Morgan fingerprint density at radius 2 is 1.50 bits per heavy atom. The quantitative estimate of drug-likeness (QED) is 0.550. The van der Waals surface area contributed by atoms with Crippen LogP contribution in [-0.4, -0.2) is 58.3 Å². The highest BCUT2D eigenvalue weighted by Crippen LogP contribution is 2.22. The molecule has 3 rings (SSSR count). The molecule has 7 nitrogen and oxygen atoms in total. The van der Waals surface area contributed by atoms with Crippen LogP contribution in [0.2, 0.25) is 0 Å². The van der Waals surface area contributed by atoms with Crippen molar-refractivity contribution in [1.82, 2.24) is 9.88 Å². The summed E-state index contributed by atoms with van der Waals surface area (Å²) in [4.78, 5) is 24.8. The van der Waals surface area contributed by atoms with Crippen molar-refractivity contribution < 1.29 is 24.5 Å². The second-order valence-electron chi connectivity index (χ2n) is 7.78. The van der Waals surface area contributed by atoms with Crippen LogP contribution in [0.3, 0.4) is 0 Å². The average Bonchev–Trinajstić information content (AvgIpc) is 2.72. The van der Waals surface area contributed by atoms with E-state index in [0.29, 0.717) is 0 Å². The number of aromatic nitrogens is 1. The summed E-state index contributed by atoms with van der Waals surface area (Å²) in [5.74, 6) is -1.04. The number of rotatable bonds is 6. The molecule has 0 amide bonds. The summed E-state index contributed by atoms with van der Waals surface area (Å²) in [5, 5.41) is 14.8. The third-order valence-corrected chi connectivity index (χ3v) is 4.88. The maximum atomic E-state index is 9.10. The highest BCUT2D eigenvalue weighted by molar-refractivity contribution is 6.27. The molecular formula is C23H30N2O5. The highest BCUT2D eigenvalue weighted by atomic mass is 16.5. The molecule has 0 spiro atoms. The van der Waals surface area contributed by atoms with E-state index in [4.69, 9.17) is 24.5 Å². The summed E-state index contributed by atoms with van der Waals surface area (Å²) in [6.07, 6.45) is 6.10. The van der Waals surface area contributed by atoms with E-state index in [1.807, 2.05) is 24.5 Å². The van der Waals surface area contributed by atoms with Crippen LogP contribution in [0.1, 0.15) is 26.7 Å². The zero-order chi connectivity index (χ0) is 21.9.